The smallest absolute Gasteiger partial charge is 0.293 e. The number of fused-ring (bicyclic) bond motifs is 1. The summed E-state index contributed by atoms with van der Waals surface area (Å²) in [6.07, 6.45) is 3.06. The Morgan fingerprint density at radius 2 is 2.03 bits per heavy atom. The van der Waals surface area contributed by atoms with Crippen molar-refractivity contribution in [1.29, 1.82) is 0 Å². The molecule has 10 nitrogen and oxygen atoms in total. The van der Waals surface area contributed by atoms with Crippen molar-refractivity contribution in [2.75, 3.05) is 19.7 Å². The van der Waals surface area contributed by atoms with Crippen LogP contribution in [0, 0.1) is 11.2 Å². The summed E-state index contributed by atoms with van der Waals surface area (Å²) in [7, 11) is 0. The molecule has 0 unspecified atom stereocenters. The predicted molar refractivity (Wildman–Crippen MR) is 106 cm³/mol. The van der Waals surface area contributed by atoms with Crippen molar-refractivity contribution >= 4 is 18.2 Å². The molecule has 1 aliphatic rings. The third kappa shape index (κ3) is 4.84. The molecule has 0 saturated carbocycles. The Morgan fingerprint density at radius 1 is 1.32 bits per heavy atom. The molecule has 1 aliphatic heterocycles. The molecule has 164 valence electrons. The van der Waals surface area contributed by atoms with Gasteiger partial charge in [0.05, 0.1) is 12.7 Å². The summed E-state index contributed by atoms with van der Waals surface area (Å²) in [5.74, 6) is -0.394. The van der Waals surface area contributed by atoms with E-state index in [0.717, 1.165) is 5.56 Å². The highest BCUT2D eigenvalue weighted by atomic mass is 19.1. The first-order valence-electron chi connectivity index (χ1n) is 9.50. The highest BCUT2D eigenvalue weighted by molar-refractivity contribution is 5.91. The van der Waals surface area contributed by atoms with Crippen molar-refractivity contribution in [1.82, 2.24) is 24.5 Å². The molecule has 3 N–H and O–H groups in total. The van der Waals surface area contributed by atoms with Crippen LogP contribution < -0.4 is 0 Å². The molecule has 11 heteroatoms. The Morgan fingerprint density at radius 3 is 2.68 bits per heavy atom. The van der Waals surface area contributed by atoms with Crippen molar-refractivity contribution in [3.05, 3.63) is 59.9 Å². The lowest BCUT2D eigenvalue weighted by molar-refractivity contribution is -0.122. The average molecular weight is 431 g/mol. The fourth-order valence-electron chi connectivity index (χ4n) is 3.68. The number of aromatic nitrogens is 4. The number of hydrogen-bond acceptors (Lipinski definition) is 7. The lowest BCUT2D eigenvalue weighted by Crippen LogP contribution is -2.56. The summed E-state index contributed by atoms with van der Waals surface area (Å²) in [6, 6.07) is 7.61. The number of nitrogens with zero attached hydrogens (tertiary/aromatic N) is 5. The maximum absolute atomic E-state index is 13.2. The van der Waals surface area contributed by atoms with E-state index in [2.05, 4.69) is 15.1 Å². The Kier molecular flexibility index (Phi) is 6.88. The minimum atomic E-state index is -0.941. The number of aliphatic hydroxyl groups is 2. The zero-order valence-electron chi connectivity index (χ0n) is 16.5. The average Bonchev–Trinajstić information content (AvgIpc) is 3.21. The van der Waals surface area contributed by atoms with Gasteiger partial charge in [0.1, 0.15) is 5.82 Å². The number of carbonyl (C=O) groups excluding carboxylic acids is 1. The highest BCUT2D eigenvalue weighted by Gasteiger charge is 2.44. The molecule has 0 spiro atoms. The number of likely N-dealkylation sites (tertiary alicyclic amines) is 1. The number of rotatable bonds is 4. The summed E-state index contributed by atoms with van der Waals surface area (Å²) >= 11 is 0. The minimum absolute atomic E-state index is 0.0173. The molecular weight excluding hydrogens is 409 g/mol. The number of amides is 1. The van der Waals surface area contributed by atoms with Crippen LogP contribution in [0.4, 0.5) is 4.39 Å². The van der Waals surface area contributed by atoms with Crippen LogP contribution in [0.25, 0.3) is 5.78 Å². The normalized spacial score (nSPS) is 20.7. The van der Waals surface area contributed by atoms with Crippen LogP contribution in [0.2, 0.25) is 0 Å². The molecule has 1 amide bonds. The molecule has 31 heavy (non-hydrogen) atoms. The molecule has 3 aromatic rings. The van der Waals surface area contributed by atoms with Crippen LogP contribution in [-0.4, -0.2) is 78.0 Å². The number of carboxylic acid groups (broad SMARTS) is 1. The zero-order chi connectivity index (χ0) is 22.4. The first-order chi connectivity index (χ1) is 14.9. The molecule has 2 atom stereocenters. The highest BCUT2D eigenvalue weighted by Crippen LogP contribution is 2.34. The van der Waals surface area contributed by atoms with Gasteiger partial charge in [-0.25, -0.2) is 13.9 Å². The van der Waals surface area contributed by atoms with E-state index in [1.807, 2.05) is 0 Å². The van der Waals surface area contributed by atoms with Gasteiger partial charge in [0.25, 0.3) is 18.2 Å². The molecule has 4 rings (SSSR count). The number of hydrogen-bond donors (Lipinski definition) is 3. The van der Waals surface area contributed by atoms with Gasteiger partial charge in [-0.05, 0) is 36.6 Å². The molecule has 0 aliphatic carbocycles. The van der Waals surface area contributed by atoms with Crippen molar-refractivity contribution in [3.63, 3.8) is 0 Å². The summed E-state index contributed by atoms with van der Waals surface area (Å²) in [4.78, 5) is 31.0. The second kappa shape index (κ2) is 9.58. The maximum Gasteiger partial charge on any atom is 0.293 e. The summed E-state index contributed by atoms with van der Waals surface area (Å²) < 4.78 is 14.6. The van der Waals surface area contributed by atoms with Gasteiger partial charge in [-0.3, -0.25) is 9.59 Å². The van der Waals surface area contributed by atoms with Crippen LogP contribution in [0.3, 0.4) is 0 Å². The molecule has 2 aromatic heterocycles. The molecule has 1 aromatic carbocycles. The van der Waals surface area contributed by atoms with Gasteiger partial charge >= 0.3 is 0 Å². The SMILES string of the molecule is O=C(c1nc2ncccn2n1)N1CC[C@H](O)[C@@](CO)(Cc2ccc(F)cc2)C1.O=CO. The monoisotopic (exact) mass is 431 g/mol. The van der Waals surface area contributed by atoms with Gasteiger partial charge in [-0.1, -0.05) is 12.1 Å². The Balaban J connectivity index is 0.000000858. The third-order valence-corrected chi connectivity index (χ3v) is 5.26. The van der Waals surface area contributed by atoms with Gasteiger partial charge in [-0.15, -0.1) is 5.10 Å². The second-order valence-electron chi connectivity index (χ2n) is 7.26. The van der Waals surface area contributed by atoms with E-state index in [-0.39, 0.29) is 37.2 Å². The fourth-order valence-corrected chi connectivity index (χ4v) is 3.68. The van der Waals surface area contributed by atoms with Crippen LogP contribution >= 0.6 is 0 Å². The standard InChI is InChI=1S/C19H20FN5O3.CH2O2/c20-14-4-2-13(3-5-14)10-19(12-26)11-24(9-6-15(19)27)17(28)16-22-18-21-7-1-8-25(18)23-16;2-1-3/h1-5,7-8,15,26-27H,6,9-12H2;1H,(H,2,3)/t15-,19-;/m0./s1. The first kappa shape index (κ1) is 22.2. The number of benzene rings is 1. The summed E-state index contributed by atoms with van der Waals surface area (Å²) in [6.45, 7) is -0.0898. The largest absolute Gasteiger partial charge is 0.483 e. The summed E-state index contributed by atoms with van der Waals surface area (Å²) in [5.41, 5.74) is -0.165. The molecule has 0 bridgehead atoms. The number of halogens is 1. The third-order valence-electron chi connectivity index (χ3n) is 5.26. The van der Waals surface area contributed by atoms with Crippen molar-refractivity contribution in [3.8, 4) is 0 Å². The predicted octanol–water partition coefficient (Wildman–Crippen LogP) is 0.392. The van der Waals surface area contributed by atoms with Crippen molar-refractivity contribution < 1.29 is 29.3 Å². The topological polar surface area (TPSA) is 141 Å². The van der Waals surface area contributed by atoms with Crippen molar-refractivity contribution in [2.24, 2.45) is 5.41 Å². The fraction of sp³-hybridized carbons (Fsp3) is 0.350. The quantitative estimate of drug-likeness (QED) is 0.504. The molecular formula is C20H22FN5O5. The second-order valence-corrected chi connectivity index (χ2v) is 7.26. The Labute approximate surface area is 176 Å². The van der Waals surface area contributed by atoms with Crippen LogP contribution in [0.5, 0.6) is 0 Å². The lowest BCUT2D eigenvalue weighted by atomic mass is 9.73. The number of piperidine rings is 1. The first-order valence-corrected chi connectivity index (χ1v) is 9.50. The molecule has 0 radical (unpaired) electrons. The van der Waals surface area contributed by atoms with Crippen molar-refractivity contribution in [2.45, 2.75) is 18.9 Å². The van der Waals surface area contributed by atoms with Gasteiger partial charge < -0.3 is 20.2 Å². The van der Waals surface area contributed by atoms with E-state index in [0.29, 0.717) is 25.2 Å². The van der Waals surface area contributed by atoms with E-state index in [1.165, 1.54) is 16.6 Å². The Bertz CT molecular complexity index is 1010. The van der Waals surface area contributed by atoms with E-state index < -0.39 is 11.5 Å². The zero-order valence-corrected chi connectivity index (χ0v) is 16.5. The van der Waals surface area contributed by atoms with Gasteiger partial charge in [0.15, 0.2) is 0 Å². The summed E-state index contributed by atoms with van der Waals surface area (Å²) in [5, 5.41) is 31.7. The van der Waals surface area contributed by atoms with Gasteiger partial charge in [-0.2, -0.15) is 4.98 Å². The lowest BCUT2D eigenvalue weighted by Gasteiger charge is -2.45. The molecule has 1 saturated heterocycles. The van der Waals surface area contributed by atoms with Crippen LogP contribution in [-0.2, 0) is 11.2 Å². The van der Waals surface area contributed by atoms with E-state index in [4.69, 9.17) is 9.90 Å². The van der Waals surface area contributed by atoms with Gasteiger partial charge in [0, 0.05) is 30.9 Å². The van der Waals surface area contributed by atoms with E-state index >= 15 is 0 Å². The van der Waals surface area contributed by atoms with E-state index in [9.17, 15) is 19.4 Å². The maximum atomic E-state index is 13.2. The molecule has 1 fully saturated rings. The number of aliphatic hydroxyl groups excluding tert-OH is 2. The minimum Gasteiger partial charge on any atom is -0.483 e. The van der Waals surface area contributed by atoms with Crippen LogP contribution in [0.1, 0.15) is 22.6 Å². The van der Waals surface area contributed by atoms with Gasteiger partial charge in [0.2, 0.25) is 5.82 Å². The van der Waals surface area contributed by atoms with Crippen LogP contribution in [0.15, 0.2) is 42.7 Å². The Hall–Kier alpha value is -3.44. The molecule has 3 heterocycles. The number of carbonyl (C=O) groups is 2. The van der Waals surface area contributed by atoms with E-state index in [1.54, 1.807) is 35.5 Å².